The molecule has 0 aliphatic heterocycles. The van der Waals surface area contributed by atoms with E-state index < -0.39 is 0 Å². The Morgan fingerprint density at radius 3 is 2.77 bits per heavy atom. The highest BCUT2D eigenvalue weighted by Crippen LogP contribution is 2.12. The van der Waals surface area contributed by atoms with E-state index in [1.807, 2.05) is 26.8 Å². The average Bonchev–Trinajstić information content (AvgIpc) is 2.62. The van der Waals surface area contributed by atoms with Crippen molar-refractivity contribution in [2.45, 2.75) is 40.2 Å². The van der Waals surface area contributed by atoms with Crippen LogP contribution in [0.5, 0.6) is 0 Å². The van der Waals surface area contributed by atoms with Crippen LogP contribution in [0.1, 0.15) is 42.6 Å². The number of aromatic nitrogens is 3. The summed E-state index contributed by atoms with van der Waals surface area (Å²) in [7, 11) is 0. The third kappa shape index (κ3) is 2.89. The SMILES string of the molecule is CCCCNC(=O)c1cc2c(=O)n3cccc(C)c3nc2n(CC)c1=N. The zero-order chi connectivity index (χ0) is 18.8. The molecule has 0 fully saturated rings. The normalized spacial score (nSPS) is 11.2. The topological polar surface area (TPSA) is 92.2 Å². The maximum atomic E-state index is 13.0. The van der Waals surface area contributed by atoms with Crippen molar-refractivity contribution in [3.63, 3.8) is 0 Å². The monoisotopic (exact) mass is 353 g/mol. The van der Waals surface area contributed by atoms with Crippen molar-refractivity contribution in [2.75, 3.05) is 6.54 Å². The van der Waals surface area contributed by atoms with Crippen molar-refractivity contribution in [1.29, 1.82) is 5.41 Å². The first-order chi connectivity index (χ1) is 12.5. The largest absolute Gasteiger partial charge is 0.352 e. The minimum absolute atomic E-state index is 0.0684. The summed E-state index contributed by atoms with van der Waals surface area (Å²) in [5.74, 6) is -0.332. The third-order valence-corrected chi connectivity index (χ3v) is 4.51. The van der Waals surface area contributed by atoms with Crippen LogP contribution < -0.4 is 16.4 Å². The Morgan fingerprint density at radius 1 is 1.31 bits per heavy atom. The van der Waals surface area contributed by atoms with E-state index in [0.717, 1.165) is 18.4 Å². The van der Waals surface area contributed by atoms with E-state index in [1.54, 1.807) is 16.8 Å². The zero-order valence-electron chi connectivity index (χ0n) is 15.3. The number of hydrogen-bond acceptors (Lipinski definition) is 4. The number of carbonyl (C=O) groups is 1. The molecule has 0 aromatic carbocycles. The van der Waals surface area contributed by atoms with Crippen molar-refractivity contribution in [3.8, 4) is 0 Å². The standard InChI is InChI=1S/C19H23N5O2/c1-4-6-9-21-18(25)13-11-14-17(23(5-2)15(13)20)22-16-12(3)8-7-10-24(16)19(14)26/h7-8,10-11,20H,4-6,9H2,1-3H3,(H,21,25). The second-order valence-corrected chi connectivity index (χ2v) is 6.30. The van der Waals surface area contributed by atoms with Crippen LogP contribution in [0.15, 0.2) is 29.2 Å². The van der Waals surface area contributed by atoms with Gasteiger partial charge in [0.15, 0.2) is 0 Å². The number of rotatable bonds is 5. The molecule has 7 nitrogen and oxygen atoms in total. The van der Waals surface area contributed by atoms with Gasteiger partial charge in [0.2, 0.25) is 0 Å². The second kappa shape index (κ2) is 7.11. The summed E-state index contributed by atoms with van der Waals surface area (Å²) in [5.41, 5.74) is 1.90. The van der Waals surface area contributed by atoms with Gasteiger partial charge in [0.25, 0.3) is 11.5 Å². The van der Waals surface area contributed by atoms with Crippen LogP contribution in [-0.2, 0) is 6.54 Å². The van der Waals surface area contributed by atoms with Crippen molar-refractivity contribution in [1.82, 2.24) is 19.3 Å². The van der Waals surface area contributed by atoms with Crippen molar-refractivity contribution < 1.29 is 4.79 Å². The summed E-state index contributed by atoms with van der Waals surface area (Å²) in [4.78, 5) is 30.1. The molecule has 0 atom stereocenters. The van der Waals surface area contributed by atoms with Gasteiger partial charge in [-0.15, -0.1) is 0 Å². The van der Waals surface area contributed by atoms with Crippen LogP contribution >= 0.6 is 0 Å². The lowest BCUT2D eigenvalue weighted by molar-refractivity contribution is 0.0950. The van der Waals surface area contributed by atoms with Gasteiger partial charge in [-0.3, -0.25) is 19.4 Å². The summed E-state index contributed by atoms with van der Waals surface area (Å²) in [5, 5.41) is 11.6. The fraction of sp³-hybridized carbons (Fsp3) is 0.368. The van der Waals surface area contributed by atoms with Crippen LogP contribution in [0.3, 0.4) is 0 Å². The molecule has 136 valence electrons. The molecule has 0 saturated heterocycles. The summed E-state index contributed by atoms with van der Waals surface area (Å²) >= 11 is 0. The molecule has 0 saturated carbocycles. The van der Waals surface area contributed by atoms with Gasteiger partial charge in [0, 0.05) is 19.3 Å². The highest BCUT2D eigenvalue weighted by molar-refractivity contribution is 5.96. The van der Waals surface area contributed by atoms with Crippen molar-refractivity contribution in [3.05, 3.63) is 51.4 Å². The Morgan fingerprint density at radius 2 is 2.08 bits per heavy atom. The minimum atomic E-state index is -0.332. The highest BCUT2D eigenvalue weighted by atomic mass is 16.1. The molecule has 7 heteroatoms. The molecule has 0 aliphatic rings. The van der Waals surface area contributed by atoms with Gasteiger partial charge in [0.1, 0.15) is 16.8 Å². The number of aryl methyl sites for hydroxylation is 2. The number of nitrogens with one attached hydrogen (secondary N) is 2. The summed E-state index contributed by atoms with van der Waals surface area (Å²) in [6.45, 7) is 6.80. The highest BCUT2D eigenvalue weighted by Gasteiger charge is 2.17. The molecule has 0 spiro atoms. The molecule has 0 unspecified atom stereocenters. The molecule has 2 N–H and O–H groups in total. The van der Waals surface area contributed by atoms with Gasteiger partial charge >= 0.3 is 0 Å². The lowest BCUT2D eigenvalue weighted by Crippen LogP contribution is -2.35. The van der Waals surface area contributed by atoms with Gasteiger partial charge in [-0.05, 0) is 38.0 Å². The fourth-order valence-corrected chi connectivity index (χ4v) is 3.05. The Labute approximate surface area is 150 Å². The first-order valence-corrected chi connectivity index (χ1v) is 8.87. The maximum absolute atomic E-state index is 13.0. The number of pyridine rings is 2. The molecule has 0 radical (unpaired) electrons. The van der Waals surface area contributed by atoms with Crippen LogP contribution in [0, 0.1) is 12.3 Å². The molecular weight excluding hydrogens is 330 g/mol. The van der Waals surface area contributed by atoms with E-state index in [1.165, 1.54) is 10.5 Å². The summed E-state index contributed by atoms with van der Waals surface area (Å²) in [6.07, 6.45) is 3.51. The Kier molecular flexibility index (Phi) is 4.88. The van der Waals surface area contributed by atoms with Crippen LogP contribution in [0.2, 0.25) is 0 Å². The molecule has 3 heterocycles. The molecule has 0 bridgehead atoms. The Hall–Kier alpha value is -2.96. The summed E-state index contributed by atoms with van der Waals surface area (Å²) in [6, 6.07) is 5.18. The fourth-order valence-electron chi connectivity index (χ4n) is 3.05. The number of amides is 1. The number of fused-ring (bicyclic) bond motifs is 2. The maximum Gasteiger partial charge on any atom is 0.267 e. The second-order valence-electron chi connectivity index (χ2n) is 6.30. The van der Waals surface area contributed by atoms with Gasteiger partial charge in [-0.1, -0.05) is 19.4 Å². The molecule has 26 heavy (non-hydrogen) atoms. The van der Waals surface area contributed by atoms with E-state index in [-0.39, 0.29) is 22.5 Å². The van der Waals surface area contributed by atoms with Crippen LogP contribution in [0.25, 0.3) is 16.7 Å². The van der Waals surface area contributed by atoms with E-state index >= 15 is 0 Å². The first-order valence-electron chi connectivity index (χ1n) is 8.87. The Balaban J connectivity index is 2.31. The number of carbonyl (C=O) groups excluding carboxylic acids is 1. The number of unbranched alkanes of at least 4 members (excludes halogenated alkanes) is 1. The van der Waals surface area contributed by atoms with Gasteiger partial charge < -0.3 is 9.88 Å². The van der Waals surface area contributed by atoms with E-state index in [2.05, 4.69) is 10.3 Å². The smallest absolute Gasteiger partial charge is 0.267 e. The average molecular weight is 353 g/mol. The zero-order valence-corrected chi connectivity index (χ0v) is 15.3. The van der Waals surface area contributed by atoms with E-state index in [9.17, 15) is 9.59 Å². The summed E-state index contributed by atoms with van der Waals surface area (Å²) < 4.78 is 3.10. The van der Waals surface area contributed by atoms with Gasteiger partial charge in [-0.2, -0.15) is 0 Å². The molecule has 3 aromatic heterocycles. The number of hydrogen-bond donors (Lipinski definition) is 2. The minimum Gasteiger partial charge on any atom is -0.352 e. The van der Waals surface area contributed by atoms with Crippen LogP contribution in [-0.4, -0.2) is 26.4 Å². The predicted octanol–water partition coefficient (Wildman–Crippen LogP) is 1.99. The molecule has 3 rings (SSSR count). The van der Waals surface area contributed by atoms with Gasteiger partial charge in [0.05, 0.1) is 10.9 Å². The Bertz CT molecular complexity index is 1110. The van der Waals surface area contributed by atoms with Crippen LogP contribution in [0.4, 0.5) is 0 Å². The molecular formula is C19H23N5O2. The first kappa shape index (κ1) is 17.8. The van der Waals surface area contributed by atoms with Crippen molar-refractivity contribution >= 4 is 22.6 Å². The molecule has 3 aromatic rings. The van der Waals surface area contributed by atoms with Gasteiger partial charge in [-0.25, -0.2) is 4.98 Å². The predicted molar refractivity (Wildman–Crippen MR) is 100 cm³/mol. The van der Waals surface area contributed by atoms with Crippen molar-refractivity contribution in [2.24, 2.45) is 0 Å². The lowest BCUT2D eigenvalue weighted by Gasteiger charge is -2.13. The third-order valence-electron chi connectivity index (χ3n) is 4.51. The van der Waals surface area contributed by atoms with E-state index in [0.29, 0.717) is 29.8 Å². The number of nitrogens with zero attached hydrogens (tertiary/aromatic N) is 3. The quantitative estimate of drug-likeness (QED) is 0.543. The molecule has 0 aliphatic carbocycles. The molecule has 1 amide bonds. The lowest BCUT2D eigenvalue weighted by atomic mass is 10.2. The van der Waals surface area contributed by atoms with E-state index in [4.69, 9.17) is 5.41 Å².